The second-order valence-electron chi connectivity index (χ2n) is 12.3. The number of benzene rings is 7. The molecule has 10 aromatic rings. The van der Waals surface area contributed by atoms with Crippen molar-refractivity contribution in [1.82, 2.24) is 9.13 Å². The Labute approximate surface area is 280 Å². The molecule has 5 heteroatoms. The Balaban J connectivity index is 1.35. The van der Waals surface area contributed by atoms with Gasteiger partial charge in [-0.1, -0.05) is 91.0 Å². The lowest BCUT2D eigenvalue weighted by atomic mass is 9.97. The highest BCUT2D eigenvalue weighted by Crippen LogP contribution is 2.45. The Morgan fingerprint density at radius 2 is 1.14 bits per heavy atom. The summed E-state index contributed by atoms with van der Waals surface area (Å²) in [5, 5.41) is 16.8. The predicted molar refractivity (Wildman–Crippen MR) is 199 cm³/mol. The fourth-order valence-electron chi connectivity index (χ4n) is 7.70. The van der Waals surface area contributed by atoms with Crippen LogP contribution in [-0.2, 0) is 0 Å². The van der Waals surface area contributed by atoms with Crippen LogP contribution in [0.3, 0.4) is 0 Å². The van der Waals surface area contributed by atoms with Crippen LogP contribution in [0.15, 0.2) is 150 Å². The maximum atomic E-state index is 10.2. The normalized spacial score (nSPS) is 11.6. The Morgan fingerprint density at radius 3 is 1.84 bits per heavy atom. The molecule has 0 aliphatic heterocycles. The summed E-state index contributed by atoms with van der Waals surface area (Å²) >= 11 is 0. The molecule has 0 spiro atoms. The molecule has 0 amide bonds. The van der Waals surface area contributed by atoms with Crippen LogP contribution in [0.4, 0.5) is 5.69 Å². The van der Waals surface area contributed by atoms with Gasteiger partial charge in [0.2, 0.25) is 5.69 Å². The molecule has 3 aromatic heterocycles. The third-order valence-electron chi connectivity index (χ3n) is 9.77. The summed E-state index contributed by atoms with van der Waals surface area (Å²) in [5.41, 5.74) is 10.2. The average molecular weight is 625 g/mol. The van der Waals surface area contributed by atoms with Gasteiger partial charge in [0, 0.05) is 43.9 Å². The van der Waals surface area contributed by atoms with Gasteiger partial charge in [-0.3, -0.25) is 0 Å². The van der Waals surface area contributed by atoms with E-state index in [1.54, 1.807) is 0 Å². The molecule has 0 fully saturated rings. The second-order valence-corrected chi connectivity index (χ2v) is 12.3. The lowest BCUT2D eigenvalue weighted by Gasteiger charge is -2.20. The van der Waals surface area contributed by atoms with E-state index in [1.165, 1.54) is 0 Å². The first-order valence-electron chi connectivity index (χ1n) is 16.1. The Morgan fingerprint density at radius 1 is 0.510 bits per heavy atom. The fourth-order valence-corrected chi connectivity index (χ4v) is 7.70. The van der Waals surface area contributed by atoms with E-state index in [1.807, 2.05) is 60.7 Å². The number of aromatic nitrogens is 2. The van der Waals surface area contributed by atoms with E-state index in [2.05, 4.69) is 105 Å². The van der Waals surface area contributed by atoms with Crippen LogP contribution in [0.25, 0.3) is 92.9 Å². The zero-order chi connectivity index (χ0) is 32.6. The molecular weight excluding hydrogens is 601 g/mol. The molecule has 0 unspecified atom stereocenters. The standard InChI is InChI=1S/C44H24N4O/c1-46-36-16-10-15-32(44(36)48-38-18-7-2-11-28(38)29-12-3-8-19-39(29)48)33-23-27(26-45)21-22-40(33)47-37-17-6-4-13-30(37)34-24-35-31-14-5-9-20-42(31)49-43(35)25-41(34)47/h2-25H. The Hall–Kier alpha value is -7.08. The van der Waals surface area contributed by atoms with Crippen molar-refractivity contribution in [3.05, 3.63) is 163 Å². The van der Waals surface area contributed by atoms with Crippen LogP contribution in [0, 0.1) is 17.9 Å². The van der Waals surface area contributed by atoms with Gasteiger partial charge in [0.25, 0.3) is 0 Å². The molecule has 3 heterocycles. The third kappa shape index (κ3) is 3.79. The smallest absolute Gasteiger partial charge is 0.211 e. The first-order chi connectivity index (χ1) is 24.2. The lowest BCUT2D eigenvalue weighted by molar-refractivity contribution is 0.669. The quantitative estimate of drug-likeness (QED) is 0.184. The summed E-state index contributed by atoms with van der Waals surface area (Å²) in [4.78, 5) is 4.06. The summed E-state index contributed by atoms with van der Waals surface area (Å²) < 4.78 is 10.9. The zero-order valence-corrected chi connectivity index (χ0v) is 26.1. The molecule has 0 atom stereocenters. The second kappa shape index (κ2) is 10.2. The molecule has 226 valence electrons. The SMILES string of the molecule is [C-]#[N+]c1cccc(-c2cc(C#N)ccc2-n2c3ccccc3c3cc4c(cc32)oc2ccccc24)c1-n1c2ccccc2c2ccccc21. The van der Waals surface area contributed by atoms with Crippen LogP contribution in [0.1, 0.15) is 5.56 Å². The fraction of sp³-hybridized carbons (Fsp3) is 0. The van der Waals surface area contributed by atoms with Crippen LogP contribution in [0.2, 0.25) is 0 Å². The van der Waals surface area contributed by atoms with Gasteiger partial charge in [-0.05, 0) is 54.1 Å². The van der Waals surface area contributed by atoms with Gasteiger partial charge in [0.1, 0.15) is 11.2 Å². The average Bonchev–Trinajstić information content (AvgIpc) is 3.80. The number of hydrogen-bond donors (Lipinski definition) is 0. The van der Waals surface area contributed by atoms with E-state index >= 15 is 0 Å². The lowest BCUT2D eigenvalue weighted by Crippen LogP contribution is -2.02. The molecule has 0 aliphatic carbocycles. The maximum Gasteiger partial charge on any atom is 0.211 e. The summed E-state index contributed by atoms with van der Waals surface area (Å²) in [6, 6.07) is 51.7. The number of nitrogens with zero attached hydrogens (tertiary/aromatic N) is 4. The van der Waals surface area contributed by atoms with Crippen LogP contribution in [-0.4, -0.2) is 9.13 Å². The van der Waals surface area contributed by atoms with Crippen molar-refractivity contribution in [3.8, 4) is 28.6 Å². The number of furan rings is 1. The van der Waals surface area contributed by atoms with Gasteiger partial charge in [0.15, 0.2) is 0 Å². The van der Waals surface area contributed by atoms with E-state index in [0.717, 1.165) is 88.1 Å². The highest BCUT2D eigenvalue weighted by atomic mass is 16.3. The van der Waals surface area contributed by atoms with E-state index in [0.29, 0.717) is 11.3 Å². The molecule has 10 rings (SSSR count). The molecule has 49 heavy (non-hydrogen) atoms. The molecule has 0 bridgehead atoms. The predicted octanol–water partition coefficient (Wildman–Crippen LogP) is 11.9. The Kier molecular flexibility index (Phi) is 5.64. The molecule has 0 aliphatic rings. The van der Waals surface area contributed by atoms with E-state index < -0.39 is 0 Å². The number of hydrogen-bond acceptors (Lipinski definition) is 2. The van der Waals surface area contributed by atoms with Crippen molar-refractivity contribution >= 4 is 71.2 Å². The summed E-state index contributed by atoms with van der Waals surface area (Å²) in [6.45, 7) is 8.32. The zero-order valence-electron chi connectivity index (χ0n) is 26.1. The monoisotopic (exact) mass is 624 g/mol. The Bertz CT molecular complexity index is 3030. The minimum atomic E-state index is 0.531. The minimum Gasteiger partial charge on any atom is -0.456 e. The molecule has 7 aromatic carbocycles. The maximum absolute atomic E-state index is 10.2. The first-order valence-corrected chi connectivity index (χ1v) is 16.1. The molecule has 0 saturated carbocycles. The third-order valence-corrected chi connectivity index (χ3v) is 9.77. The van der Waals surface area contributed by atoms with E-state index in [4.69, 9.17) is 11.0 Å². The van der Waals surface area contributed by atoms with E-state index in [-0.39, 0.29) is 0 Å². The van der Waals surface area contributed by atoms with Gasteiger partial charge in [0.05, 0.1) is 51.6 Å². The number of fused-ring (bicyclic) bond motifs is 9. The number of para-hydroxylation sites is 5. The van der Waals surface area contributed by atoms with E-state index in [9.17, 15) is 5.26 Å². The van der Waals surface area contributed by atoms with Gasteiger partial charge < -0.3 is 13.6 Å². The largest absolute Gasteiger partial charge is 0.456 e. The highest BCUT2D eigenvalue weighted by Gasteiger charge is 2.23. The summed E-state index contributed by atoms with van der Waals surface area (Å²) in [5.74, 6) is 0. The van der Waals surface area contributed by atoms with Crippen molar-refractivity contribution in [3.63, 3.8) is 0 Å². The van der Waals surface area contributed by atoms with Gasteiger partial charge in [-0.25, -0.2) is 4.85 Å². The number of rotatable bonds is 3. The summed E-state index contributed by atoms with van der Waals surface area (Å²) in [7, 11) is 0. The van der Waals surface area contributed by atoms with Gasteiger partial charge >= 0.3 is 0 Å². The molecule has 0 saturated heterocycles. The van der Waals surface area contributed by atoms with Crippen molar-refractivity contribution in [2.75, 3.05) is 0 Å². The topological polar surface area (TPSA) is 51.1 Å². The first kappa shape index (κ1) is 27.1. The van der Waals surface area contributed by atoms with Crippen molar-refractivity contribution in [2.24, 2.45) is 0 Å². The van der Waals surface area contributed by atoms with Crippen molar-refractivity contribution in [1.29, 1.82) is 5.26 Å². The summed E-state index contributed by atoms with van der Waals surface area (Å²) in [6.07, 6.45) is 0. The minimum absolute atomic E-state index is 0.531. The molecule has 0 radical (unpaired) electrons. The van der Waals surface area contributed by atoms with Crippen molar-refractivity contribution < 1.29 is 4.42 Å². The molecule has 0 N–H and O–H groups in total. The highest BCUT2D eigenvalue weighted by molar-refractivity contribution is 6.18. The van der Waals surface area contributed by atoms with Crippen LogP contribution < -0.4 is 0 Å². The molecule has 5 nitrogen and oxygen atoms in total. The van der Waals surface area contributed by atoms with Gasteiger partial charge in [-0.2, -0.15) is 5.26 Å². The van der Waals surface area contributed by atoms with Gasteiger partial charge in [-0.15, -0.1) is 0 Å². The molecular formula is C44H24N4O. The van der Waals surface area contributed by atoms with Crippen LogP contribution >= 0.6 is 0 Å². The van der Waals surface area contributed by atoms with Crippen LogP contribution in [0.5, 0.6) is 0 Å². The van der Waals surface area contributed by atoms with Crippen molar-refractivity contribution in [2.45, 2.75) is 0 Å². The number of nitriles is 1.